The summed E-state index contributed by atoms with van der Waals surface area (Å²) in [5.74, 6) is 1.65. The topological polar surface area (TPSA) is 0 Å². The van der Waals surface area contributed by atoms with Crippen LogP contribution in [0, 0.1) is 0 Å². The highest BCUT2D eigenvalue weighted by Crippen LogP contribution is 2.55. The molecule has 0 radical (unpaired) electrons. The molecule has 6 aromatic carbocycles. The van der Waals surface area contributed by atoms with Gasteiger partial charge in [-0.05, 0) is 103 Å². The van der Waals surface area contributed by atoms with Crippen LogP contribution < -0.4 is 0 Å². The quantitative estimate of drug-likeness (QED) is 0.194. The fourth-order valence-corrected chi connectivity index (χ4v) is 7.59. The zero-order valence-electron chi connectivity index (χ0n) is 21.8. The highest BCUT2D eigenvalue weighted by Gasteiger charge is 2.42. The maximum Gasteiger partial charge on any atom is 0.0231 e. The molecule has 1 aliphatic rings. The van der Waals surface area contributed by atoms with Gasteiger partial charge in [0.1, 0.15) is 0 Å². The van der Waals surface area contributed by atoms with Gasteiger partial charge in [0.2, 0.25) is 0 Å². The van der Waals surface area contributed by atoms with Crippen molar-refractivity contribution in [2.24, 2.45) is 0 Å². The SMILES string of the molecule is SCCC1(CCS)c2cc(-c3cccc4ccccc34)ccc2-c2ccc(-c3cccc4ccccc34)cc21. The Morgan fingerprint density at radius 3 is 1.33 bits per heavy atom. The van der Waals surface area contributed by atoms with Crippen molar-refractivity contribution in [2.75, 3.05) is 11.5 Å². The van der Waals surface area contributed by atoms with Gasteiger partial charge in [-0.1, -0.05) is 109 Å². The molecule has 0 aromatic heterocycles. The highest BCUT2D eigenvalue weighted by molar-refractivity contribution is 7.80. The summed E-state index contributed by atoms with van der Waals surface area (Å²) in [6.45, 7) is 0. The second-order valence-electron chi connectivity index (χ2n) is 10.6. The minimum absolute atomic E-state index is 0.116. The fraction of sp³-hybridized carbons (Fsp3) is 0.135. The lowest BCUT2D eigenvalue weighted by Gasteiger charge is -2.32. The monoisotopic (exact) mass is 538 g/mol. The number of fused-ring (bicyclic) bond motifs is 5. The molecule has 39 heavy (non-hydrogen) atoms. The first kappa shape index (κ1) is 24.6. The molecule has 0 unspecified atom stereocenters. The van der Waals surface area contributed by atoms with Gasteiger partial charge in [0, 0.05) is 5.41 Å². The molecule has 6 aromatic rings. The average molecular weight is 539 g/mol. The third-order valence-electron chi connectivity index (χ3n) is 8.64. The van der Waals surface area contributed by atoms with Gasteiger partial charge in [0.25, 0.3) is 0 Å². The van der Waals surface area contributed by atoms with Crippen molar-refractivity contribution in [3.8, 4) is 33.4 Å². The second-order valence-corrected chi connectivity index (χ2v) is 11.5. The summed E-state index contributed by atoms with van der Waals surface area (Å²) in [5, 5.41) is 5.14. The van der Waals surface area contributed by atoms with Gasteiger partial charge in [-0.2, -0.15) is 25.3 Å². The summed E-state index contributed by atoms with van der Waals surface area (Å²) in [7, 11) is 0. The maximum atomic E-state index is 4.79. The first-order chi connectivity index (χ1) is 19.2. The fourth-order valence-electron chi connectivity index (χ4n) is 6.83. The number of hydrogen-bond acceptors (Lipinski definition) is 2. The van der Waals surface area contributed by atoms with E-state index in [1.54, 1.807) is 0 Å². The lowest BCUT2D eigenvalue weighted by molar-refractivity contribution is 0.500. The van der Waals surface area contributed by atoms with Gasteiger partial charge in [0.05, 0.1) is 0 Å². The molecule has 0 amide bonds. The molecule has 0 spiro atoms. The molecule has 0 saturated heterocycles. The van der Waals surface area contributed by atoms with Crippen molar-refractivity contribution >= 4 is 46.8 Å². The molecule has 0 nitrogen and oxygen atoms in total. The van der Waals surface area contributed by atoms with Crippen molar-refractivity contribution in [1.82, 2.24) is 0 Å². The zero-order valence-corrected chi connectivity index (χ0v) is 23.6. The van der Waals surface area contributed by atoms with E-state index in [1.165, 1.54) is 66.1 Å². The summed E-state index contributed by atoms with van der Waals surface area (Å²) in [6, 6.07) is 44.8. The Kier molecular flexibility index (Phi) is 6.26. The van der Waals surface area contributed by atoms with E-state index in [-0.39, 0.29) is 5.41 Å². The van der Waals surface area contributed by atoms with Crippen molar-refractivity contribution in [3.05, 3.63) is 132 Å². The molecular weight excluding hydrogens is 509 g/mol. The van der Waals surface area contributed by atoms with Crippen LogP contribution in [0.3, 0.4) is 0 Å². The molecule has 7 rings (SSSR count). The molecule has 2 heteroatoms. The van der Waals surface area contributed by atoms with Crippen molar-refractivity contribution in [2.45, 2.75) is 18.3 Å². The van der Waals surface area contributed by atoms with E-state index in [2.05, 4.69) is 121 Å². The van der Waals surface area contributed by atoms with Crippen molar-refractivity contribution in [1.29, 1.82) is 0 Å². The van der Waals surface area contributed by atoms with Crippen LogP contribution >= 0.6 is 25.3 Å². The van der Waals surface area contributed by atoms with E-state index >= 15 is 0 Å². The Morgan fingerprint density at radius 1 is 0.436 bits per heavy atom. The lowest BCUT2D eigenvalue weighted by atomic mass is 9.72. The predicted molar refractivity (Wildman–Crippen MR) is 175 cm³/mol. The highest BCUT2D eigenvalue weighted by atomic mass is 32.1. The van der Waals surface area contributed by atoms with E-state index in [4.69, 9.17) is 25.3 Å². The lowest BCUT2D eigenvalue weighted by Crippen LogP contribution is -2.27. The third-order valence-corrected chi connectivity index (χ3v) is 9.09. The van der Waals surface area contributed by atoms with Crippen LogP contribution in [0.25, 0.3) is 54.9 Å². The third kappa shape index (κ3) is 3.92. The molecule has 0 saturated carbocycles. The molecule has 1 aliphatic carbocycles. The number of thiol groups is 2. The summed E-state index contributed by atoms with van der Waals surface area (Å²) >= 11 is 9.58. The molecule has 0 aliphatic heterocycles. The molecular formula is C37H30S2. The Bertz CT molecular complexity index is 1700. The minimum Gasteiger partial charge on any atom is -0.179 e. The van der Waals surface area contributed by atoms with E-state index in [9.17, 15) is 0 Å². The molecule has 0 N–H and O–H groups in total. The number of hydrogen-bond donors (Lipinski definition) is 2. The van der Waals surface area contributed by atoms with E-state index in [0.29, 0.717) is 0 Å². The summed E-state index contributed by atoms with van der Waals surface area (Å²) in [5.41, 5.74) is 10.5. The summed E-state index contributed by atoms with van der Waals surface area (Å²) < 4.78 is 0. The van der Waals surface area contributed by atoms with Crippen LogP contribution in [-0.4, -0.2) is 11.5 Å². The first-order valence-electron chi connectivity index (χ1n) is 13.7. The number of benzene rings is 6. The molecule has 0 heterocycles. The summed E-state index contributed by atoms with van der Waals surface area (Å²) in [4.78, 5) is 0. The van der Waals surface area contributed by atoms with Crippen molar-refractivity contribution < 1.29 is 0 Å². The molecule has 0 atom stereocenters. The molecule has 0 bridgehead atoms. The Balaban J connectivity index is 1.44. The van der Waals surface area contributed by atoms with Crippen LogP contribution in [0.2, 0.25) is 0 Å². The van der Waals surface area contributed by atoms with Gasteiger partial charge < -0.3 is 0 Å². The average Bonchev–Trinajstić information content (AvgIpc) is 3.25. The van der Waals surface area contributed by atoms with Crippen LogP contribution in [0.4, 0.5) is 0 Å². The molecule has 190 valence electrons. The second kappa shape index (κ2) is 9.93. The standard InChI is InChI=1S/C37H30S2/c38-21-19-37(20-22-39)35-23-27(31-13-5-9-25-7-1-3-11-29(25)31)15-17-33(35)34-18-16-28(24-36(34)37)32-14-6-10-26-8-2-4-12-30(26)32/h1-18,23-24,38-39H,19-22H2. The van der Waals surface area contributed by atoms with Crippen LogP contribution in [0.5, 0.6) is 0 Å². The Hall–Kier alpha value is -3.46. The van der Waals surface area contributed by atoms with Crippen LogP contribution in [-0.2, 0) is 5.41 Å². The Labute approximate surface area is 241 Å². The van der Waals surface area contributed by atoms with Gasteiger partial charge in [-0.25, -0.2) is 0 Å². The normalized spacial score (nSPS) is 13.5. The van der Waals surface area contributed by atoms with Gasteiger partial charge in [-0.3, -0.25) is 0 Å². The largest absolute Gasteiger partial charge is 0.179 e. The van der Waals surface area contributed by atoms with Crippen molar-refractivity contribution in [3.63, 3.8) is 0 Å². The van der Waals surface area contributed by atoms with E-state index in [1.807, 2.05) is 0 Å². The van der Waals surface area contributed by atoms with E-state index < -0.39 is 0 Å². The zero-order chi connectivity index (χ0) is 26.4. The van der Waals surface area contributed by atoms with Gasteiger partial charge in [0.15, 0.2) is 0 Å². The smallest absolute Gasteiger partial charge is 0.0231 e. The predicted octanol–water partition coefficient (Wildman–Crippen LogP) is 10.2. The Morgan fingerprint density at radius 2 is 0.872 bits per heavy atom. The van der Waals surface area contributed by atoms with Gasteiger partial charge in [-0.15, -0.1) is 0 Å². The maximum absolute atomic E-state index is 4.79. The first-order valence-corrected chi connectivity index (χ1v) is 15.0. The van der Waals surface area contributed by atoms with Crippen LogP contribution in [0.15, 0.2) is 121 Å². The summed E-state index contributed by atoms with van der Waals surface area (Å²) in [6.07, 6.45) is 1.96. The number of rotatable bonds is 6. The van der Waals surface area contributed by atoms with E-state index in [0.717, 1.165) is 24.3 Å². The van der Waals surface area contributed by atoms with Gasteiger partial charge >= 0.3 is 0 Å². The van der Waals surface area contributed by atoms with Crippen LogP contribution in [0.1, 0.15) is 24.0 Å². The molecule has 0 fully saturated rings. The minimum atomic E-state index is -0.116.